The van der Waals surface area contributed by atoms with Crippen LogP contribution in [0.4, 0.5) is 0 Å². The minimum Gasteiger partial charge on any atom is -0.451 e. The highest BCUT2D eigenvalue weighted by Crippen LogP contribution is 2.14. The lowest BCUT2D eigenvalue weighted by Crippen LogP contribution is -2.24. The predicted molar refractivity (Wildman–Crippen MR) is 79.8 cm³/mol. The van der Waals surface area contributed by atoms with E-state index < -0.39 is 12.1 Å². The molecule has 20 heavy (non-hydrogen) atoms. The minimum atomic E-state index is -0.816. The monoisotopic (exact) mass is 332 g/mol. The summed E-state index contributed by atoms with van der Waals surface area (Å²) < 4.78 is 6.07. The molecule has 0 saturated carbocycles. The highest BCUT2D eigenvalue weighted by atomic mass is 79.9. The van der Waals surface area contributed by atoms with Crippen molar-refractivity contribution in [2.45, 2.75) is 13.0 Å². The summed E-state index contributed by atoms with van der Waals surface area (Å²) in [6.45, 7) is 1.57. The molecular weight excluding hydrogens is 320 g/mol. The van der Waals surface area contributed by atoms with Crippen molar-refractivity contribution in [1.82, 2.24) is 0 Å². The maximum atomic E-state index is 12.1. The van der Waals surface area contributed by atoms with E-state index in [0.29, 0.717) is 11.1 Å². The molecule has 0 aromatic heterocycles. The second-order valence-corrected chi connectivity index (χ2v) is 5.20. The van der Waals surface area contributed by atoms with Crippen LogP contribution in [0.25, 0.3) is 0 Å². The third-order valence-corrected chi connectivity index (χ3v) is 3.32. The molecule has 1 unspecified atom stereocenters. The zero-order valence-electron chi connectivity index (χ0n) is 10.9. The topological polar surface area (TPSA) is 43.4 Å². The van der Waals surface area contributed by atoms with E-state index in [2.05, 4.69) is 15.9 Å². The highest BCUT2D eigenvalue weighted by molar-refractivity contribution is 9.10. The number of carbonyl (C=O) groups excluding carboxylic acids is 2. The van der Waals surface area contributed by atoms with Gasteiger partial charge in [-0.25, -0.2) is 4.79 Å². The number of Topliss-reactive ketones (excluding diaryl/α,β-unsaturated/α-hetero) is 1. The lowest BCUT2D eigenvalue weighted by Gasteiger charge is -2.12. The average Bonchev–Trinajstić information content (AvgIpc) is 2.48. The molecule has 0 spiro atoms. The summed E-state index contributed by atoms with van der Waals surface area (Å²) in [5.41, 5.74) is 0.949. The van der Waals surface area contributed by atoms with Crippen LogP contribution in [0.5, 0.6) is 0 Å². The van der Waals surface area contributed by atoms with Crippen LogP contribution in [0.3, 0.4) is 0 Å². The lowest BCUT2D eigenvalue weighted by molar-refractivity contribution is 0.0319. The number of carbonyl (C=O) groups is 2. The largest absolute Gasteiger partial charge is 0.451 e. The quantitative estimate of drug-likeness (QED) is 0.630. The lowest BCUT2D eigenvalue weighted by atomic mass is 10.1. The van der Waals surface area contributed by atoms with E-state index in [9.17, 15) is 9.59 Å². The zero-order valence-corrected chi connectivity index (χ0v) is 12.5. The summed E-state index contributed by atoms with van der Waals surface area (Å²) in [5.74, 6) is -0.717. The molecule has 2 aromatic carbocycles. The van der Waals surface area contributed by atoms with E-state index in [1.165, 1.54) is 0 Å². The van der Waals surface area contributed by atoms with Crippen LogP contribution in [0.15, 0.2) is 59.1 Å². The summed E-state index contributed by atoms with van der Waals surface area (Å²) in [6.07, 6.45) is -0.816. The molecule has 3 nitrogen and oxygen atoms in total. The van der Waals surface area contributed by atoms with Gasteiger partial charge >= 0.3 is 5.97 Å². The Hall–Kier alpha value is -1.94. The van der Waals surface area contributed by atoms with Crippen LogP contribution < -0.4 is 0 Å². The molecule has 0 saturated heterocycles. The van der Waals surface area contributed by atoms with Gasteiger partial charge in [0.15, 0.2) is 6.10 Å². The first-order chi connectivity index (χ1) is 9.58. The molecule has 0 aliphatic heterocycles. The Morgan fingerprint density at radius 3 is 2.15 bits per heavy atom. The fraction of sp³-hybridized carbons (Fsp3) is 0.125. The van der Waals surface area contributed by atoms with Gasteiger partial charge in [-0.2, -0.15) is 0 Å². The van der Waals surface area contributed by atoms with Gasteiger partial charge in [0.05, 0.1) is 5.56 Å². The molecule has 2 rings (SSSR count). The van der Waals surface area contributed by atoms with E-state index in [1.807, 2.05) is 6.07 Å². The van der Waals surface area contributed by atoms with Crippen molar-refractivity contribution in [3.8, 4) is 0 Å². The Morgan fingerprint density at radius 1 is 0.950 bits per heavy atom. The van der Waals surface area contributed by atoms with Gasteiger partial charge in [-0.3, -0.25) is 4.79 Å². The Kier molecular flexibility index (Phi) is 4.69. The fourth-order valence-corrected chi connectivity index (χ4v) is 1.97. The summed E-state index contributed by atoms with van der Waals surface area (Å²) in [5, 5.41) is 0. The molecule has 0 radical (unpaired) electrons. The smallest absolute Gasteiger partial charge is 0.338 e. The second-order valence-electron chi connectivity index (χ2n) is 4.28. The van der Waals surface area contributed by atoms with E-state index in [-0.39, 0.29) is 5.78 Å². The van der Waals surface area contributed by atoms with Crippen molar-refractivity contribution in [2.24, 2.45) is 0 Å². The molecule has 1 atom stereocenters. The highest BCUT2D eigenvalue weighted by Gasteiger charge is 2.20. The van der Waals surface area contributed by atoms with Crippen LogP contribution in [-0.2, 0) is 4.74 Å². The first-order valence-corrected chi connectivity index (χ1v) is 6.93. The van der Waals surface area contributed by atoms with Gasteiger partial charge in [0, 0.05) is 10.0 Å². The molecule has 2 aromatic rings. The number of hydrogen-bond acceptors (Lipinski definition) is 3. The van der Waals surface area contributed by atoms with Crippen molar-refractivity contribution in [2.75, 3.05) is 0 Å². The number of benzene rings is 2. The molecule has 0 aliphatic rings. The number of hydrogen-bond donors (Lipinski definition) is 0. The van der Waals surface area contributed by atoms with Gasteiger partial charge in [-0.05, 0) is 31.2 Å². The summed E-state index contributed by atoms with van der Waals surface area (Å²) >= 11 is 3.31. The molecular formula is C16H13BrO3. The molecule has 102 valence electrons. The van der Waals surface area contributed by atoms with Gasteiger partial charge < -0.3 is 4.74 Å². The Morgan fingerprint density at radius 2 is 1.55 bits per heavy atom. The molecule has 0 aliphatic carbocycles. The predicted octanol–water partition coefficient (Wildman–Crippen LogP) is 3.88. The van der Waals surface area contributed by atoms with Crippen molar-refractivity contribution in [3.05, 3.63) is 70.2 Å². The SMILES string of the molecule is CC(OC(=O)c1ccccc1)C(=O)c1ccc(Br)cc1. The van der Waals surface area contributed by atoms with Gasteiger partial charge in [0.25, 0.3) is 0 Å². The molecule has 0 heterocycles. The third kappa shape index (κ3) is 3.54. The Bertz CT molecular complexity index is 605. The van der Waals surface area contributed by atoms with Gasteiger partial charge in [-0.1, -0.05) is 46.3 Å². The van der Waals surface area contributed by atoms with Crippen LogP contribution in [0, 0.1) is 0 Å². The Balaban J connectivity index is 2.05. The maximum absolute atomic E-state index is 12.1. The average molecular weight is 333 g/mol. The van der Waals surface area contributed by atoms with Crippen LogP contribution in [0.1, 0.15) is 27.6 Å². The third-order valence-electron chi connectivity index (χ3n) is 2.79. The fourth-order valence-electron chi connectivity index (χ4n) is 1.71. The second kappa shape index (κ2) is 6.48. The number of rotatable bonds is 4. The van der Waals surface area contributed by atoms with Crippen molar-refractivity contribution in [1.29, 1.82) is 0 Å². The van der Waals surface area contributed by atoms with Crippen molar-refractivity contribution in [3.63, 3.8) is 0 Å². The van der Waals surface area contributed by atoms with Crippen LogP contribution in [0.2, 0.25) is 0 Å². The molecule has 0 bridgehead atoms. The molecule has 4 heteroatoms. The van der Waals surface area contributed by atoms with Gasteiger partial charge in [0.2, 0.25) is 5.78 Å². The minimum absolute atomic E-state index is 0.221. The summed E-state index contributed by atoms with van der Waals surface area (Å²) in [6, 6.07) is 15.6. The van der Waals surface area contributed by atoms with E-state index in [0.717, 1.165) is 4.47 Å². The van der Waals surface area contributed by atoms with Crippen molar-refractivity contribution < 1.29 is 14.3 Å². The van der Waals surface area contributed by atoms with E-state index in [1.54, 1.807) is 55.5 Å². The van der Waals surface area contributed by atoms with E-state index >= 15 is 0 Å². The molecule has 0 N–H and O–H groups in total. The van der Waals surface area contributed by atoms with Crippen molar-refractivity contribution >= 4 is 27.7 Å². The normalized spacial score (nSPS) is 11.7. The zero-order chi connectivity index (χ0) is 14.5. The first-order valence-electron chi connectivity index (χ1n) is 6.14. The van der Waals surface area contributed by atoms with Crippen LogP contribution >= 0.6 is 15.9 Å². The Labute approximate surface area is 125 Å². The first kappa shape index (κ1) is 14.5. The number of esters is 1. The summed E-state index contributed by atoms with van der Waals surface area (Å²) in [4.78, 5) is 24.0. The molecule has 0 fully saturated rings. The van der Waals surface area contributed by atoms with Gasteiger partial charge in [-0.15, -0.1) is 0 Å². The molecule has 0 amide bonds. The summed E-state index contributed by atoms with van der Waals surface area (Å²) in [7, 11) is 0. The van der Waals surface area contributed by atoms with Gasteiger partial charge in [0.1, 0.15) is 0 Å². The van der Waals surface area contributed by atoms with Crippen LogP contribution in [-0.4, -0.2) is 17.9 Å². The van der Waals surface area contributed by atoms with E-state index in [4.69, 9.17) is 4.74 Å². The maximum Gasteiger partial charge on any atom is 0.338 e. The standard InChI is InChI=1S/C16H13BrO3/c1-11(15(18)12-7-9-14(17)10-8-12)20-16(19)13-5-3-2-4-6-13/h2-11H,1H3. The number of ketones is 1. The number of halogens is 1. The number of ether oxygens (including phenoxy) is 1.